The SMILES string of the molecule is Cc1nc(Sc2c(F)cccc2[C@@H](C)N)n[nH]1. The molecule has 0 aliphatic carbocycles. The summed E-state index contributed by atoms with van der Waals surface area (Å²) in [6.07, 6.45) is 0. The molecule has 0 fully saturated rings. The van der Waals surface area contributed by atoms with Crippen LogP contribution in [0.25, 0.3) is 0 Å². The molecule has 1 heterocycles. The zero-order valence-electron chi connectivity index (χ0n) is 9.57. The third kappa shape index (κ3) is 2.65. The van der Waals surface area contributed by atoms with E-state index in [1.54, 1.807) is 13.0 Å². The maximum Gasteiger partial charge on any atom is 0.213 e. The van der Waals surface area contributed by atoms with E-state index < -0.39 is 0 Å². The van der Waals surface area contributed by atoms with Gasteiger partial charge < -0.3 is 5.73 Å². The van der Waals surface area contributed by atoms with Gasteiger partial charge in [-0.2, -0.15) is 0 Å². The first kappa shape index (κ1) is 12.1. The van der Waals surface area contributed by atoms with Gasteiger partial charge in [-0.1, -0.05) is 12.1 Å². The molecule has 90 valence electrons. The van der Waals surface area contributed by atoms with Gasteiger partial charge in [0.05, 0.1) is 4.90 Å². The fourth-order valence-corrected chi connectivity index (χ4v) is 2.44. The van der Waals surface area contributed by atoms with E-state index in [4.69, 9.17) is 5.73 Å². The van der Waals surface area contributed by atoms with Crippen LogP contribution in [0.2, 0.25) is 0 Å². The smallest absolute Gasteiger partial charge is 0.213 e. The van der Waals surface area contributed by atoms with Crippen LogP contribution in [0.4, 0.5) is 4.39 Å². The quantitative estimate of drug-likeness (QED) is 0.880. The predicted octanol–water partition coefficient (Wildman–Crippen LogP) is 2.42. The first-order chi connectivity index (χ1) is 8.08. The van der Waals surface area contributed by atoms with Gasteiger partial charge in [0.25, 0.3) is 0 Å². The van der Waals surface area contributed by atoms with E-state index in [0.29, 0.717) is 15.9 Å². The number of aryl methyl sites for hydroxylation is 1. The summed E-state index contributed by atoms with van der Waals surface area (Å²) < 4.78 is 13.8. The summed E-state index contributed by atoms with van der Waals surface area (Å²) in [7, 11) is 0. The van der Waals surface area contributed by atoms with Gasteiger partial charge in [0.2, 0.25) is 5.16 Å². The van der Waals surface area contributed by atoms with Crippen molar-refractivity contribution in [2.24, 2.45) is 5.73 Å². The molecule has 0 radical (unpaired) electrons. The maximum absolute atomic E-state index is 13.8. The summed E-state index contributed by atoms with van der Waals surface area (Å²) in [6, 6.07) is 4.65. The average molecular weight is 252 g/mol. The highest BCUT2D eigenvalue weighted by atomic mass is 32.2. The van der Waals surface area contributed by atoms with Crippen LogP contribution >= 0.6 is 11.8 Å². The summed E-state index contributed by atoms with van der Waals surface area (Å²) in [4.78, 5) is 4.62. The lowest BCUT2D eigenvalue weighted by molar-refractivity contribution is 0.591. The number of nitrogens with two attached hydrogens (primary N) is 1. The number of hydrogen-bond donors (Lipinski definition) is 2. The average Bonchev–Trinajstić information content (AvgIpc) is 2.67. The normalized spacial score (nSPS) is 12.7. The number of H-pyrrole nitrogens is 1. The van der Waals surface area contributed by atoms with Crippen molar-refractivity contribution in [1.82, 2.24) is 15.2 Å². The highest BCUT2D eigenvalue weighted by molar-refractivity contribution is 7.99. The number of aromatic nitrogens is 3. The highest BCUT2D eigenvalue weighted by Crippen LogP contribution is 2.32. The number of hydrogen-bond acceptors (Lipinski definition) is 4. The Bertz CT molecular complexity index is 524. The first-order valence-corrected chi connectivity index (χ1v) is 6.00. The third-order valence-electron chi connectivity index (χ3n) is 2.26. The lowest BCUT2D eigenvalue weighted by atomic mass is 10.1. The second-order valence-electron chi connectivity index (χ2n) is 3.75. The van der Waals surface area contributed by atoms with Crippen LogP contribution in [0.1, 0.15) is 24.4 Å². The molecular formula is C11H13FN4S. The van der Waals surface area contributed by atoms with Crippen molar-refractivity contribution >= 4 is 11.8 Å². The topological polar surface area (TPSA) is 67.6 Å². The number of nitrogens with one attached hydrogen (secondary N) is 1. The Balaban J connectivity index is 2.37. The Labute approximate surface area is 103 Å². The maximum atomic E-state index is 13.8. The summed E-state index contributed by atoms with van der Waals surface area (Å²) >= 11 is 1.18. The lowest BCUT2D eigenvalue weighted by Crippen LogP contribution is -2.07. The molecule has 0 unspecified atom stereocenters. The molecule has 4 nitrogen and oxygen atoms in total. The number of nitrogens with zero attached hydrogens (tertiary/aromatic N) is 2. The van der Waals surface area contributed by atoms with Gasteiger partial charge in [-0.05, 0) is 37.2 Å². The van der Waals surface area contributed by atoms with Gasteiger partial charge in [0.1, 0.15) is 11.6 Å². The van der Waals surface area contributed by atoms with E-state index in [2.05, 4.69) is 15.2 Å². The Morgan fingerprint density at radius 1 is 1.47 bits per heavy atom. The van der Waals surface area contributed by atoms with Crippen LogP contribution < -0.4 is 5.73 Å². The largest absolute Gasteiger partial charge is 0.324 e. The summed E-state index contributed by atoms with van der Waals surface area (Å²) in [6.45, 7) is 3.62. The number of aromatic amines is 1. The fourth-order valence-electron chi connectivity index (χ4n) is 1.45. The molecule has 1 atom stereocenters. The first-order valence-electron chi connectivity index (χ1n) is 5.19. The standard InChI is InChI=1S/C11H13FN4S/c1-6(13)8-4-3-5-9(12)10(8)17-11-14-7(2)15-16-11/h3-6H,13H2,1-2H3,(H,14,15,16)/t6-/m1/s1. The molecular weight excluding hydrogens is 239 g/mol. The van der Waals surface area contributed by atoms with Gasteiger partial charge in [-0.15, -0.1) is 5.10 Å². The van der Waals surface area contributed by atoms with Crippen molar-refractivity contribution in [1.29, 1.82) is 0 Å². The van der Waals surface area contributed by atoms with Gasteiger partial charge in [0.15, 0.2) is 0 Å². The molecule has 0 aliphatic rings. The Kier molecular flexibility index (Phi) is 3.44. The molecule has 3 N–H and O–H groups in total. The second kappa shape index (κ2) is 4.85. The van der Waals surface area contributed by atoms with Crippen molar-refractivity contribution in [2.45, 2.75) is 29.9 Å². The van der Waals surface area contributed by atoms with Crippen LogP contribution in [0.15, 0.2) is 28.3 Å². The fraction of sp³-hybridized carbons (Fsp3) is 0.273. The predicted molar refractivity (Wildman–Crippen MR) is 64.2 cm³/mol. The zero-order valence-corrected chi connectivity index (χ0v) is 10.4. The lowest BCUT2D eigenvalue weighted by Gasteiger charge is -2.11. The molecule has 0 spiro atoms. The van der Waals surface area contributed by atoms with Crippen LogP contribution in [0, 0.1) is 12.7 Å². The van der Waals surface area contributed by atoms with Crippen molar-refractivity contribution < 1.29 is 4.39 Å². The second-order valence-corrected chi connectivity index (χ2v) is 4.73. The minimum absolute atomic E-state index is 0.228. The number of rotatable bonds is 3. The van der Waals surface area contributed by atoms with Crippen molar-refractivity contribution in [3.8, 4) is 0 Å². The number of halogens is 1. The molecule has 0 saturated heterocycles. The van der Waals surface area contributed by atoms with Gasteiger partial charge in [-0.3, -0.25) is 5.10 Å². The molecule has 17 heavy (non-hydrogen) atoms. The van der Waals surface area contributed by atoms with E-state index >= 15 is 0 Å². The van der Waals surface area contributed by atoms with Gasteiger partial charge in [-0.25, -0.2) is 9.37 Å². The van der Waals surface area contributed by atoms with Crippen molar-refractivity contribution in [3.63, 3.8) is 0 Å². The zero-order chi connectivity index (χ0) is 12.4. The third-order valence-corrected chi connectivity index (χ3v) is 3.26. The van der Waals surface area contributed by atoms with Gasteiger partial charge in [0, 0.05) is 6.04 Å². The van der Waals surface area contributed by atoms with E-state index in [0.717, 1.165) is 5.56 Å². The van der Waals surface area contributed by atoms with Crippen LogP contribution in [0.3, 0.4) is 0 Å². The Hall–Kier alpha value is -1.40. The minimum Gasteiger partial charge on any atom is -0.324 e. The minimum atomic E-state index is -0.299. The van der Waals surface area contributed by atoms with Crippen molar-refractivity contribution in [3.05, 3.63) is 35.4 Å². The molecule has 1 aromatic carbocycles. The Morgan fingerprint density at radius 3 is 2.82 bits per heavy atom. The molecule has 0 aliphatic heterocycles. The van der Waals surface area contributed by atoms with E-state index in [1.807, 2.05) is 13.0 Å². The molecule has 0 saturated carbocycles. The molecule has 1 aromatic heterocycles. The van der Waals surface area contributed by atoms with Crippen LogP contribution in [0.5, 0.6) is 0 Å². The highest BCUT2D eigenvalue weighted by Gasteiger charge is 2.14. The molecule has 2 aromatic rings. The van der Waals surface area contributed by atoms with Crippen molar-refractivity contribution in [2.75, 3.05) is 0 Å². The van der Waals surface area contributed by atoms with Crippen LogP contribution in [-0.4, -0.2) is 15.2 Å². The van der Waals surface area contributed by atoms with Gasteiger partial charge >= 0.3 is 0 Å². The number of benzene rings is 1. The van der Waals surface area contributed by atoms with Crippen LogP contribution in [-0.2, 0) is 0 Å². The van der Waals surface area contributed by atoms with E-state index in [9.17, 15) is 4.39 Å². The summed E-state index contributed by atoms with van der Waals surface area (Å²) in [5.41, 5.74) is 6.58. The van der Waals surface area contributed by atoms with E-state index in [1.165, 1.54) is 17.8 Å². The van der Waals surface area contributed by atoms with E-state index in [-0.39, 0.29) is 11.9 Å². The Morgan fingerprint density at radius 2 is 2.24 bits per heavy atom. The molecule has 0 bridgehead atoms. The monoisotopic (exact) mass is 252 g/mol. The molecule has 2 rings (SSSR count). The summed E-state index contributed by atoms with van der Waals surface area (Å²) in [5.74, 6) is 0.401. The molecule has 0 amide bonds. The summed E-state index contributed by atoms with van der Waals surface area (Å²) in [5, 5.41) is 7.19. The molecule has 6 heteroatoms.